The van der Waals surface area contributed by atoms with Gasteiger partial charge in [-0.3, -0.25) is 4.79 Å². The molecular formula is C14H28O2. The topological polar surface area (TPSA) is 26.3 Å². The molecule has 1 saturated carbocycles. The Morgan fingerprint density at radius 2 is 1.69 bits per heavy atom. The summed E-state index contributed by atoms with van der Waals surface area (Å²) in [5, 5.41) is 0. The van der Waals surface area contributed by atoms with E-state index in [9.17, 15) is 4.79 Å². The van der Waals surface area contributed by atoms with Crippen LogP contribution < -0.4 is 0 Å². The molecule has 96 valence electrons. The zero-order chi connectivity index (χ0) is 11.5. The van der Waals surface area contributed by atoms with Gasteiger partial charge in [-0.25, -0.2) is 0 Å². The molecule has 0 radical (unpaired) electrons. The predicted octanol–water partition coefficient (Wildman–Crippen LogP) is 4.04. The SMILES string of the molecule is C.CC(=O)OCC1CCC(C(C)(C)C)CC1. The van der Waals surface area contributed by atoms with Gasteiger partial charge >= 0.3 is 5.97 Å². The van der Waals surface area contributed by atoms with Crippen LogP contribution in [0.15, 0.2) is 0 Å². The third-order valence-corrected chi connectivity index (χ3v) is 3.59. The van der Waals surface area contributed by atoms with Crippen molar-refractivity contribution < 1.29 is 9.53 Å². The minimum atomic E-state index is -0.145. The normalized spacial score (nSPS) is 25.8. The summed E-state index contributed by atoms with van der Waals surface area (Å²) in [6.07, 6.45) is 5.01. The molecule has 1 aliphatic carbocycles. The number of hydrogen-bond donors (Lipinski definition) is 0. The van der Waals surface area contributed by atoms with Crippen LogP contribution in [0.5, 0.6) is 0 Å². The first-order chi connectivity index (χ1) is 6.89. The largest absolute Gasteiger partial charge is 0.466 e. The van der Waals surface area contributed by atoms with Gasteiger partial charge in [-0.05, 0) is 42.9 Å². The Labute approximate surface area is 101 Å². The highest BCUT2D eigenvalue weighted by Gasteiger charge is 2.29. The van der Waals surface area contributed by atoms with E-state index < -0.39 is 0 Å². The molecule has 2 heteroatoms. The van der Waals surface area contributed by atoms with E-state index >= 15 is 0 Å². The van der Waals surface area contributed by atoms with Gasteiger partial charge < -0.3 is 4.74 Å². The van der Waals surface area contributed by atoms with E-state index in [0.717, 1.165) is 5.92 Å². The lowest BCUT2D eigenvalue weighted by Gasteiger charge is -2.36. The number of carbonyl (C=O) groups excluding carboxylic acids is 1. The number of esters is 1. The van der Waals surface area contributed by atoms with Crippen LogP contribution in [0.25, 0.3) is 0 Å². The second kappa shape index (κ2) is 6.27. The molecule has 1 aliphatic rings. The summed E-state index contributed by atoms with van der Waals surface area (Å²) >= 11 is 0. The fraction of sp³-hybridized carbons (Fsp3) is 0.929. The molecule has 0 bridgehead atoms. The molecule has 1 rings (SSSR count). The molecule has 0 aliphatic heterocycles. The Kier molecular flexibility index (Phi) is 6.06. The van der Waals surface area contributed by atoms with Crippen LogP contribution in [-0.4, -0.2) is 12.6 Å². The van der Waals surface area contributed by atoms with Gasteiger partial charge in [0.15, 0.2) is 0 Å². The number of rotatable bonds is 2. The molecule has 0 N–H and O–H groups in total. The summed E-state index contributed by atoms with van der Waals surface area (Å²) in [5.41, 5.74) is 0.437. The van der Waals surface area contributed by atoms with E-state index in [1.807, 2.05) is 0 Å². The highest BCUT2D eigenvalue weighted by molar-refractivity contribution is 5.65. The summed E-state index contributed by atoms with van der Waals surface area (Å²) in [5.74, 6) is 1.30. The van der Waals surface area contributed by atoms with Crippen molar-refractivity contribution >= 4 is 5.97 Å². The summed E-state index contributed by atoms with van der Waals surface area (Å²) in [6.45, 7) is 9.09. The van der Waals surface area contributed by atoms with Crippen LogP contribution in [0.1, 0.15) is 60.8 Å². The van der Waals surface area contributed by atoms with E-state index in [2.05, 4.69) is 20.8 Å². The quantitative estimate of drug-likeness (QED) is 0.667. The smallest absolute Gasteiger partial charge is 0.302 e. The van der Waals surface area contributed by atoms with Crippen molar-refractivity contribution in [2.45, 2.75) is 60.8 Å². The molecule has 0 saturated heterocycles. The van der Waals surface area contributed by atoms with Gasteiger partial charge in [0.05, 0.1) is 6.61 Å². The summed E-state index contributed by atoms with van der Waals surface area (Å²) in [6, 6.07) is 0. The Balaban J connectivity index is 0.00000225. The summed E-state index contributed by atoms with van der Waals surface area (Å²) < 4.78 is 5.06. The van der Waals surface area contributed by atoms with Crippen molar-refractivity contribution in [1.29, 1.82) is 0 Å². The molecular weight excluding hydrogens is 200 g/mol. The predicted molar refractivity (Wildman–Crippen MR) is 68.3 cm³/mol. The van der Waals surface area contributed by atoms with E-state index in [1.54, 1.807) is 0 Å². The lowest BCUT2D eigenvalue weighted by Crippen LogP contribution is -2.27. The molecule has 0 amide bonds. The van der Waals surface area contributed by atoms with Gasteiger partial charge in [0, 0.05) is 6.92 Å². The van der Waals surface area contributed by atoms with Crippen LogP contribution in [0.3, 0.4) is 0 Å². The molecule has 0 aromatic rings. The Bertz CT molecular complexity index is 207. The average Bonchev–Trinajstić information content (AvgIpc) is 2.14. The second-order valence-corrected chi connectivity index (χ2v) is 5.89. The molecule has 1 fully saturated rings. The Morgan fingerprint density at radius 3 is 2.06 bits per heavy atom. The zero-order valence-electron chi connectivity index (χ0n) is 10.5. The van der Waals surface area contributed by atoms with Crippen molar-refractivity contribution in [3.8, 4) is 0 Å². The maximum atomic E-state index is 10.7. The van der Waals surface area contributed by atoms with Gasteiger partial charge in [-0.15, -0.1) is 0 Å². The first-order valence-electron chi connectivity index (χ1n) is 6.03. The summed E-state index contributed by atoms with van der Waals surface area (Å²) in [4.78, 5) is 10.7. The highest BCUT2D eigenvalue weighted by Crippen LogP contribution is 2.39. The van der Waals surface area contributed by atoms with Crippen molar-refractivity contribution in [3.63, 3.8) is 0 Å². The van der Waals surface area contributed by atoms with E-state index in [4.69, 9.17) is 4.74 Å². The first-order valence-corrected chi connectivity index (χ1v) is 6.03. The fourth-order valence-electron chi connectivity index (χ4n) is 2.43. The van der Waals surface area contributed by atoms with E-state index in [-0.39, 0.29) is 13.4 Å². The second-order valence-electron chi connectivity index (χ2n) is 5.89. The Morgan fingerprint density at radius 1 is 1.19 bits per heavy atom. The van der Waals surface area contributed by atoms with Gasteiger partial charge in [-0.2, -0.15) is 0 Å². The van der Waals surface area contributed by atoms with Crippen LogP contribution in [-0.2, 0) is 9.53 Å². The molecule has 0 heterocycles. The standard InChI is InChI=1S/C13H24O2.CH4/c1-10(14)15-9-11-5-7-12(8-6-11)13(2,3)4;/h11-12H,5-9H2,1-4H3;1H4. The lowest BCUT2D eigenvalue weighted by atomic mass is 9.70. The monoisotopic (exact) mass is 228 g/mol. The lowest BCUT2D eigenvalue weighted by molar-refractivity contribution is -0.142. The van der Waals surface area contributed by atoms with Crippen molar-refractivity contribution in [1.82, 2.24) is 0 Å². The van der Waals surface area contributed by atoms with Crippen LogP contribution >= 0.6 is 0 Å². The van der Waals surface area contributed by atoms with Gasteiger partial charge in [-0.1, -0.05) is 28.2 Å². The van der Waals surface area contributed by atoms with Crippen LogP contribution in [0.2, 0.25) is 0 Å². The highest BCUT2D eigenvalue weighted by atomic mass is 16.5. The van der Waals surface area contributed by atoms with E-state index in [0.29, 0.717) is 17.9 Å². The number of carbonyl (C=O) groups is 1. The average molecular weight is 228 g/mol. The summed E-state index contributed by atoms with van der Waals surface area (Å²) in [7, 11) is 0. The van der Waals surface area contributed by atoms with Crippen LogP contribution in [0.4, 0.5) is 0 Å². The maximum absolute atomic E-state index is 10.7. The molecule has 0 atom stereocenters. The molecule has 16 heavy (non-hydrogen) atoms. The third-order valence-electron chi connectivity index (χ3n) is 3.59. The van der Waals surface area contributed by atoms with Crippen molar-refractivity contribution in [3.05, 3.63) is 0 Å². The van der Waals surface area contributed by atoms with Crippen molar-refractivity contribution in [2.24, 2.45) is 17.3 Å². The van der Waals surface area contributed by atoms with Crippen LogP contribution in [0, 0.1) is 17.3 Å². The molecule has 0 unspecified atom stereocenters. The maximum Gasteiger partial charge on any atom is 0.302 e. The molecule has 0 aromatic heterocycles. The first kappa shape index (κ1) is 15.5. The van der Waals surface area contributed by atoms with Gasteiger partial charge in [0.1, 0.15) is 0 Å². The third kappa shape index (κ3) is 5.00. The minimum Gasteiger partial charge on any atom is -0.466 e. The van der Waals surface area contributed by atoms with Gasteiger partial charge in [0.2, 0.25) is 0 Å². The minimum absolute atomic E-state index is 0. The Hall–Kier alpha value is -0.530. The fourth-order valence-corrected chi connectivity index (χ4v) is 2.43. The van der Waals surface area contributed by atoms with Crippen molar-refractivity contribution in [2.75, 3.05) is 6.61 Å². The molecule has 0 aromatic carbocycles. The molecule has 0 spiro atoms. The van der Waals surface area contributed by atoms with Gasteiger partial charge in [0.25, 0.3) is 0 Å². The number of ether oxygens (including phenoxy) is 1. The molecule has 2 nitrogen and oxygen atoms in total. The zero-order valence-corrected chi connectivity index (χ0v) is 10.5. The van der Waals surface area contributed by atoms with E-state index in [1.165, 1.54) is 32.6 Å². The number of hydrogen-bond acceptors (Lipinski definition) is 2.